The van der Waals surface area contributed by atoms with E-state index in [4.69, 9.17) is 15.9 Å². The molecule has 0 radical (unpaired) electrons. The van der Waals surface area contributed by atoms with Crippen molar-refractivity contribution < 1.29 is 39.3 Å². The number of carboxylic acid groups (broad SMARTS) is 2. The van der Waals surface area contributed by atoms with Gasteiger partial charge in [0.1, 0.15) is 6.04 Å². The molecule has 8 N–H and O–H groups in total. The molecule has 0 aromatic carbocycles. The number of carboxylic acids is 2. The molecule has 3 amide bonds. The summed E-state index contributed by atoms with van der Waals surface area (Å²) < 4.78 is 0. The van der Waals surface area contributed by atoms with Crippen LogP contribution in [-0.4, -0.2) is 75.8 Å². The molecule has 4 atom stereocenters. The minimum atomic E-state index is -1.69. The predicted molar refractivity (Wildman–Crippen MR) is 91.3 cm³/mol. The fraction of sp³-hybridized carbons (Fsp3) is 0.667. The number of carbonyl (C=O) groups is 5. The van der Waals surface area contributed by atoms with E-state index in [1.807, 2.05) is 5.32 Å². The highest BCUT2D eigenvalue weighted by atomic mass is 16.4. The van der Waals surface area contributed by atoms with Crippen LogP contribution in [0.4, 0.5) is 0 Å². The molecular formula is C15H26N4O8. The van der Waals surface area contributed by atoms with Crippen LogP contribution < -0.4 is 21.7 Å². The second-order valence-corrected chi connectivity index (χ2v) is 6.27. The van der Waals surface area contributed by atoms with Crippen LogP contribution in [0.5, 0.6) is 0 Å². The van der Waals surface area contributed by atoms with Crippen LogP contribution in [-0.2, 0) is 24.0 Å². The highest BCUT2D eigenvalue weighted by Crippen LogP contribution is 1.99. The lowest BCUT2D eigenvalue weighted by molar-refractivity contribution is -0.145. The maximum atomic E-state index is 12.1. The van der Waals surface area contributed by atoms with Gasteiger partial charge in [-0.2, -0.15) is 0 Å². The van der Waals surface area contributed by atoms with Gasteiger partial charge in [0, 0.05) is 0 Å². The van der Waals surface area contributed by atoms with E-state index in [0.717, 1.165) is 6.92 Å². The van der Waals surface area contributed by atoms with E-state index in [1.54, 1.807) is 13.8 Å². The Hall–Kier alpha value is -2.73. The average Bonchev–Trinajstić information content (AvgIpc) is 2.54. The molecule has 0 fully saturated rings. The van der Waals surface area contributed by atoms with Gasteiger partial charge in [0.2, 0.25) is 17.7 Å². The van der Waals surface area contributed by atoms with Crippen LogP contribution in [0.2, 0.25) is 0 Å². The maximum absolute atomic E-state index is 12.1. The summed E-state index contributed by atoms with van der Waals surface area (Å²) in [5.41, 5.74) is 5.61. The lowest BCUT2D eigenvalue weighted by Crippen LogP contribution is -2.56. The molecule has 27 heavy (non-hydrogen) atoms. The first kappa shape index (κ1) is 24.3. The number of nitrogens with two attached hydrogens (primary N) is 1. The second-order valence-electron chi connectivity index (χ2n) is 6.27. The van der Waals surface area contributed by atoms with Gasteiger partial charge < -0.3 is 37.0 Å². The third-order valence-electron chi connectivity index (χ3n) is 3.52. The van der Waals surface area contributed by atoms with Gasteiger partial charge in [-0.15, -0.1) is 0 Å². The summed E-state index contributed by atoms with van der Waals surface area (Å²) in [5, 5.41) is 33.5. The van der Waals surface area contributed by atoms with E-state index >= 15 is 0 Å². The van der Waals surface area contributed by atoms with Gasteiger partial charge in [0.05, 0.1) is 25.1 Å². The molecule has 0 saturated carbocycles. The Morgan fingerprint density at radius 3 is 1.93 bits per heavy atom. The molecule has 0 heterocycles. The summed E-state index contributed by atoms with van der Waals surface area (Å²) in [6.45, 7) is 3.98. The zero-order valence-electron chi connectivity index (χ0n) is 15.3. The number of aliphatic hydroxyl groups is 1. The van der Waals surface area contributed by atoms with Gasteiger partial charge in [-0.1, -0.05) is 13.8 Å². The number of nitrogens with one attached hydrogen (secondary N) is 3. The molecule has 4 unspecified atom stereocenters. The van der Waals surface area contributed by atoms with Crippen LogP contribution in [0, 0.1) is 5.92 Å². The van der Waals surface area contributed by atoms with Crippen molar-refractivity contribution in [3.8, 4) is 0 Å². The SMILES string of the molecule is CC(C)C(N)C(=O)NCC(=O)NC(CC(=O)O)C(=O)NC(C(=O)O)C(C)O. The molecule has 0 aromatic rings. The van der Waals surface area contributed by atoms with Gasteiger partial charge in [0.15, 0.2) is 6.04 Å². The molecule has 0 bridgehead atoms. The zero-order chi connectivity index (χ0) is 21.3. The van der Waals surface area contributed by atoms with Crippen molar-refractivity contribution in [3.05, 3.63) is 0 Å². The summed E-state index contributed by atoms with van der Waals surface area (Å²) in [6.07, 6.45) is -2.28. The number of hydrogen-bond acceptors (Lipinski definition) is 7. The van der Waals surface area contributed by atoms with Crippen LogP contribution in [0.25, 0.3) is 0 Å². The molecule has 0 aromatic heterocycles. The van der Waals surface area contributed by atoms with Crippen molar-refractivity contribution in [2.75, 3.05) is 6.54 Å². The smallest absolute Gasteiger partial charge is 0.328 e. The Bertz CT molecular complexity index is 578. The summed E-state index contributed by atoms with van der Waals surface area (Å²) in [7, 11) is 0. The van der Waals surface area contributed by atoms with Gasteiger partial charge in [-0.25, -0.2) is 4.79 Å². The first-order valence-electron chi connectivity index (χ1n) is 8.12. The molecule has 0 saturated heterocycles. The molecule has 0 aliphatic rings. The molecule has 12 nitrogen and oxygen atoms in total. The van der Waals surface area contributed by atoms with E-state index in [9.17, 15) is 29.1 Å². The van der Waals surface area contributed by atoms with E-state index in [-0.39, 0.29) is 5.92 Å². The number of aliphatic carboxylic acids is 2. The minimum Gasteiger partial charge on any atom is -0.481 e. The van der Waals surface area contributed by atoms with Crippen LogP contribution in [0.1, 0.15) is 27.2 Å². The Labute approximate surface area is 155 Å². The Morgan fingerprint density at radius 2 is 1.52 bits per heavy atom. The largest absolute Gasteiger partial charge is 0.481 e. The van der Waals surface area contributed by atoms with Crippen molar-refractivity contribution >= 4 is 29.7 Å². The third-order valence-corrected chi connectivity index (χ3v) is 3.52. The van der Waals surface area contributed by atoms with Crippen LogP contribution >= 0.6 is 0 Å². The quantitative estimate of drug-likeness (QED) is 0.191. The molecule has 12 heteroatoms. The van der Waals surface area contributed by atoms with Crippen LogP contribution in [0.15, 0.2) is 0 Å². The van der Waals surface area contributed by atoms with Gasteiger partial charge >= 0.3 is 11.9 Å². The number of rotatable bonds is 11. The topological polar surface area (TPSA) is 208 Å². The Kier molecular flexibility index (Phi) is 9.96. The highest BCUT2D eigenvalue weighted by molar-refractivity contribution is 5.94. The van der Waals surface area contributed by atoms with E-state index in [1.165, 1.54) is 0 Å². The molecular weight excluding hydrogens is 364 g/mol. The lowest BCUT2D eigenvalue weighted by Gasteiger charge is -2.22. The summed E-state index contributed by atoms with van der Waals surface area (Å²) in [6, 6.07) is -4.14. The normalized spacial score (nSPS) is 15.2. The van der Waals surface area contributed by atoms with E-state index < -0.39 is 66.9 Å². The monoisotopic (exact) mass is 390 g/mol. The number of hydrogen-bond donors (Lipinski definition) is 7. The summed E-state index contributed by atoms with van der Waals surface area (Å²) >= 11 is 0. The van der Waals surface area contributed by atoms with Crippen molar-refractivity contribution in [1.82, 2.24) is 16.0 Å². The lowest BCUT2D eigenvalue weighted by atomic mass is 10.1. The molecule has 154 valence electrons. The van der Waals surface area contributed by atoms with Crippen molar-refractivity contribution in [1.29, 1.82) is 0 Å². The third kappa shape index (κ3) is 8.96. The molecule has 0 aliphatic carbocycles. The van der Waals surface area contributed by atoms with E-state index in [2.05, 4.69) is 10.6 Å². The standard InChI is InChI=1S/C15H26N4O8/c1-6(2)11(16)14(25)17-5-9(21)18-8(4-10(22)23)13(24)19-12(7(3)20)15(26)27/h6-8,11-12,20H,4-5,16H2,1-3H3,(H,17,25)(H,18,21)(H,19,24)(H,22,23)(H,26,27). The first-order valence-corrected chi connectivity index (χ1v) is 8.12. The van der Waals surface area contributed by atoms with E-state index in [0.29, 0.717) is 0 Å². The highest BCUT2D eigenvalue weighted by Gasteiger charge is 2.30. The predicted octanol–water partition coefficient (Wildman–Crippen LogP) is -3.00. The van der Waals surface area contributed by atoms with Crippen molar-refractivity contribution in [2.45, 2.75) is 51.4 Å². The van der Waals surface area contributed by atoms with Crippen molar-refractivity contribution in [3.63, 3.8) is 0 Å². The summed E-state index contributed by atoms with van der Waals surface area (Å²) in [5.74, 6) is -5.71. The van der Waals surface area contributed by atoms with Crippen LogP contribution in [0.3, 0.4) is 0 Å². The Balaban J connectivity index is 4.92. The summed E-state index contributed by atoms with van der Waals surface area (Å²) in [4.78, 5) is 57.6. The molecule has 0 spiro atoms. The first-order chi connectivity index (χ1) is 12.4. The van der Waals surface area contributed by atoms with Gasteiger partial charge in [-0.3, -0.25) is 19.2 Å². The minimum absolute atomic E-state index is 0.174. The number of amides is 3. The maximum Gasteiger partial charge on any atom is 0.328 e. The number of carbonyl (C=O) groups excluding carboxylic acids is 3. The van der Waals surface area contributed by atoms with Gasteiger partial charge in [-0.05, 0) is 12.8 Å². The van der Waals surface area contributed by atoms with Crippen molar-refractivity contribution in [2.24, 2.45) is 11.7 Å². The number of aliphatic hydroxyl groups excluding tert-OH is 1. The Morgan fingerprint density at radius 1 is 0.963 bits per heavy atom. The zero-order valence-corrected chi connectivity index (χ0v) is 15.3. The van der Waals surface area contributed by atoms with Gasteiger partial charge in [0.25, 0.3) is 0 Å². The fourth-order valence-electron chi connectivity index (χ4n) is 1.86. The second kappa shape index (κ2) is 11.1. The molecule has 0 rings (SSSR count). The molecule has 0 aliphatic heterocycles. The fourth-order valence-corrected chi connectivity index (χ4v) is 1.86. The average molecular weight is 390 g/mol.